The first-order valence-corrected chi connectivity index (χ1v) is 9.37. The fourth-order valence-corrected chi connectivity index (χ4v) is 3.79. The molecule has 0 saturated carbocycles. The van der Waals surface area contributed by atoms with Gasteiger partial charge in [0.15, 0.2) is 5.11 Å². The molecule has 0 saturated heterocycles. The SMILES string of the molecule is CCC(=O)NC(=S)Nc1cccc2c(Cl)c(C(=O)NC(C)(C)C)sc12. The number of rotatable bonds is 3. The fraction of sp³-hybridized carbons (Fsp3) is 0.353. The molecule has 25 heavy (non-hydrogen) atoms. The number of carbonyl (C=O) groups is 2. The van der Waals surface area contributed by atoms with Crippen molar-refractivity contribution in [2.24, 2.45) is 0 Å². The van der Waals surface area contributed by atoms with Gasteiger partial charge in [0, 0.05) is 17.3 Å². The highest BCUT2D eigenvalue weighted by Crippen LogP contribution is 2.39. The highest BCUT2D eigenvalue weighted by atomic mass is 35.5. The molecular weight excluding hydrogens is 378 g/mol. The molecule has 1 aromatic heterocycles. The fourth-order valence-electron chi connectivity index (χ4n) is 2.10. The summed E-state index contributed by atoms with van der Waals surface area (Å²) in [5.41, 5.74) is 0.338. The maximum atomic E-state index is 12.5. The van der Waals surface area contributed by atoms with Crippen LogP contribution >= 0.6 is 35.2 Å². The summed E-state index contributed by atoms with van der Waals surface area (Å²) in [5.74, 6) is -0.384. The predicted molar refractivity (Wildman–Crippen MR) is 109 cm³/mol. The van der Waals surface area contributed by atoms with Gasteiger partial charge in [0.2, 0.25) is 5.91 Å². The van der Waals surface area contributed by atoms with Crippen molar-refractivity contribution >= 4 is 67.9 Å². The monoisotopic (exact) mass is 397 g/mol. The van der Waals surface area contributed by atoms with Crippen LogP contribution in [-0.2, 0) is 4.79 Å². The van der Waals surface area contributed by atoms with Gasteiger partial charge >= 0.3 is 0 Å². The Morgan fingerprint density at radius 1 is 1.28 bits per heavy atom. The van der Waals surface area contributed by atoms with Crippen LogP contribution in [0.5, 0.6) is 0 Å². The quantitative estimate of drug-likeness (QED) is 0.675. The molecule has 2 aromatic rings. The molecular formula is C17H20ClN3O2S2. The van der Waals surface area contributed by atoms with Crippen molar-refractivity contribution in [1.29, 1.82) is 0 Å². The van der Waals surface area contributed by atoms with Gasteiger partial charge in [-0.3, -0.25) is 9.59 Å². The largest absolute Gasteiger partial charge is 0.347 e. The normalized spacial score (nSPS) is 11.2. The maximum absolute atomic E-state index is 12.5. The molecule has 0 atom stereocenters. The van der Waals surface area contributed by atoms with Crippen LogP contribution < -0.4 is 16.0 Å². The molecule has 0 unspecified atom stereocenters. The van der Waals surface area contributed by atoms with E-state index in [1.165, 1.54) is 11.3 Å². The zero-order chi connectivity index (χ0) is 18.8. The molecule has 0 aliphatic heterocycles. The minimum absolute atomic E-state index is 0.167. The van der Waals surface area contributed by atoms with Crippen molar-refractivity contribution in [3.8, 4) is 0 Å². The van der Waals surface area contributed by atoms with E-state index in [0.29, 0.717) is 22.0 Å². The number of amides is 2. The molecule has 8 heteroatoms. The van der Waals surface area contributed by atoms with Gasteiger partial charge in [-0.1, -0.05) is 30.7 Å². The van der Waals surface area contributed by atoms with Crippen LogP contribution in [0, 0.1) is 0 Å². The molecule has 3 N–H and O–H groups in total. The van der Waals surface area contributed by atoms with E-state index in [1.807, 2.05) is 39.0 Å². The Labute approximate surface area is 161 Å². The van der Waals surface area contributed by atoms with E-state index in [0.717, 1.165) is 10.1 Å². The maximum Gasteiger partial charge on any atom is 0.263 e. The van der Waals surface area contributed by atoms with Crippen LogP contribution in [0.1, 0.15) is 43.8 Å². The zero-order valence-corrected chi connectivity index (χ0v) is 16.8. The first-order chi connectivity index (χ1) is 11.6. The summed E-state index contributed by atoms with van der Waals surface area (Å²) < 4.78 is 0.805. The summed E-state index contributed by atoms with van der Waals surface area (Å²) in [7, 11) is 0. The number of thiophene rings is 1. The Kier molecular flexibility index (Phi) is 6.03. The molecule has 0 bridgehead atoms. The molecule has 2 rings (SSSR count). The van der Waals surface area contributed by atoms with Crippen LogP contribution in [0.2, 0.25) is 5.02 Å². The molecule has 2 amide bonds. The summed E-state index contributed by atoms with van der Waals surface area (Å²) >= 11 is 12.9. The number of benzene rings is 1. The van der Waals surface area contributed by atoms with Crippen molar-refractivity contribution in [3.63, 3.8) is 0 Å². The Hall–Kier alpha value is -1.70. The van der Waals surface area contributed by atoms with E-state index in [1.54, 1.807) is 6.92 Å². The van der Waals surface area contributed by atoms with E-state index in [-0.39, 0.29) is 22.5 Å². The Bertz CT molecular complexity index is 840. The molecule has 134 valence electrons. The number of thiocarbonyl (C=S) groups is 1. The minimum Gasteiger partial charge on any atom is -0.347 e. The third kappa shape index (κ3) is 4.90. The van der Waals surface area contributed by atoms with Crippen molar-refractivity contribution in [2.75, 3.05) is 5.32 Å². The first-order valence-electron chi connectivity index (χ1n) is 7.76. The standard InChI is InChI=1S/C17H20ClN3O2S2/c1-5-11(22)20-16(24)19-10-8-6-7-9-12(18)14(25-13(9)10)15(23)21-17(2,3)4/h6-8H,5H2,1-4H3,(H,21,23)(H2,19,20,22,24). The van der Waals surface area contributed by atoms with E-state index in [2.05, 4.69) is 16.0 Å². The minimum atomic E-state index is -0.357. The van der Waals surface area contributed by atoms with Gasteiger partial charge in [-0.25, -0.2) is 0 Å². The Morgan fingerprint density at radius 2 is 1.96 bits per heavy atom. The first kappa shape index (κ1) is 19.6. The van der Waals surface area contributed by atoms with Gasteiger partial charge in [-0.05, 0) is 39.1 Å². The summed E-state index contributed by atoms with van der Waals surface area (Å²) in [6.07, 6.45) is 0.341. The summed E-state index contributed by atoms with van der Waals surface area (Å²) in [5, 5.41) is 9.89. The van der Waals surface area contributed by atoms with Crippen molar-refractivity contribution in [2.45, 2.75) is 39.7 Å². The van der Waals surface area contributed by atoms with Crippen LogP contribution in [0.3, 0.4) is 0 Å². The second-order valence-electron chi connectivity index (χ2n) is 6.49. The van der Waals surface area contributed by atoms with E-state index in [9.17, 15) is 9.59 Å². The number of fused-ring (bicyclic) bond motifs is 1. The third-order valence-corrected chi connectivity index (χ3v) is 5.12. The molecule has 1 aromatic carbocycles. The van der Waals surface area contributed by atoms with Crippen molar-refractivity contribution < 1.29 is 9.59 Å². The number of anilines is 1. The molecule has 0 radical (unpaired) electrons. The Balaban J connectivity index is 2.35. The van der Waals surface area contributed by atoms with Crippen LogP contribution in [-0.4, -0.2) is 22.5 Å². The second kappa shape index (κ2) is 7.68. The lowest BCUT2D eigenvalue weighted by molar-refractivity contribution is -0.119. The summed E-state index contributed by atoms with van der Waals surface area (Å²) in [4.78, 5) is 24.4. The van der Waals surface area contributed by atoms with Crippen LogP contribution in [0.15, 0.2) is 18.2 Å². The van der Waals surface area contributed by atoms with Gasteiger partial charge in [0.05, 0.1) is 15.4 Å². The molecule has 1 heterocycles. The summed E-state index contributed by atoms with van der Waals surface area (Å²) in [6, 6.07) is 5.49. The predicted octanol–water partition coefficient (Wildman–Crippen LogP) is 4.31. The topological polar surface area (TPSA) is 70.2 Å². The zero-order valence-electron chi connectivity index (χ0n) is 14.5. The number of halogens is 1. The second-order valence-corrected chi connectivity index (χ2v) is 8.29. The van der Waals surface area contributed by atoms with Crippen molar-refractivity contribution in [1.82, 2.24) is 10.6 Å². The average Bonchev–Trinajstić information content (AvgIpc) is 2.84. The van der Waals surface area contributed by atoms with Gasteiger partial charge in [-0.15, -0.1) is 11.3 Å². The van der Waals surface area contributed by atoms with Gasteiger partial charge < -0.3 is 16.0 Å². The number of hydrogen-bond donors (Lipinski definition) is 3. The van der Waals surface area contributed by atoms with Crippen molar-refractivity contribution in [3.05, 3.63) is 28.1 Å². The van der Waals surface area contributed by atoms with E-state index < -0.39 is 0 Å². The van der Waals surface area contributed by atoms with Gasteiger partial charge in [0.1, 0.15) is 4.88 Å². The summed E-state index contributed by atoms with van der Waals surface area (Å²) in [6.45, 7) is 7.48. The molecule has 0 aliphatic rings. The number of hydrogen-bond acceptors (Lipinski definition) is 4. The molecule has 5 nitrogen and oxygen atoms in total. The third-order valence-electron chi connectivity index (χ3n) is 3.17. The van der Waals surface area contributed by atoms with Gasteiger partial charge in [0.25, 0.3) is 5.91 Å². The molecule has 0 aliphatic carbocycles. The van der Waals surface area contributed by atoms with E-state index in [4.69, 9.17) is 23.8 Å². The lowest BCUT2D eigenvalue weighted by Crippen LogP contribution is -2.40. The van der Waals surface area contributed by atoms with E-state index >= 15 is 0 Å². The molecule has 0 fully saturated rings. The highest BCUT2D eigenvalue weighted by molar-refractivity contribution is 7.80. The Morgan fingerprint density at radius 3 is 2.56 bits per heavy atom. The van der Waals surface area contributed by atoms with Crippen LogP contribution in [0.25, 0.3) is 10.1 Å². The van der Waals surface area contributed by atoms with Crippen LogP contribution in [0.4, 0.5) is 5.69 Å². The lowest BCUT2D eigenvalue weighted by Gasteiger charge is -2.19. The lowest BCUT2D eigenvalue weighted by atomic mass is 10.1. The highest BCUT2D eigenvalue weighted by Gasteiger charge is 2.22. The smallest absolute Gasteiger partial charge is 0.263 e. The molecule has 0 spiro atoms. The van der Waals surface area contributed by atoms with Gasteiger partial charge in [-0.2, -0.15) is 0 Å². The number of carbonyl (C=O) groups excluding carboxylic acids is 2. The average molecular weight is 398 g/mol. The number of nitrogens with one attached hydrogen (secondary N) is 3.